The minimum Gasteiger partial charge on any atom is -0.465 e. The molecule has 0 bridgehead atoms. The number of aromatic nitrogens is 4. The number of hydrogen-bond donors (Lipinski definition) is 5. The highest BCUT2D eigenvalue weighted by Gasteiger charge is 2.31. The first-order chi connectivity index (χ1) is 16.8. The van der Waals surface area contributed by atoms with Crippen molar-refractivity contribution in [1.29, 1.82) is 10.5 Å². The van der Waals surface area contributed by atoms with Crippen molar-refractivity contribution in [2.45, 2.75) is 25.5 Å². The molecule has 2 atom stereocenters. The van der Waals surface area contributed by atoms with Crippen LogP contribution in [0.25, 0.3) is 5.65 Å². The summed E-state index contributed by atoms with van der Waals surface area (Å²) in [5.41, 5.74) is 0.612. The Balaban J connectivity index is 1.69. The van der Waals surface area contributed by atoms with Crippen LogP contribution in [0.5, 0.6) is 0 Å². The smallest absolute Gasteiger partial charge is 0.404 e. The third-order valence-electron chi connectivity index (χ3n) is 5.48. The van der Waals surface area contributed by atoms with Crippen molar-refractivity contribution in [2.24, 2.45) is 0 Å². The molecule has 0 spiro atoms. The number of carbonyl (C=O) groups is 1. The number of aliphatic hydroxyl groups is 1. The van der Waals surface area contributed by atoms with Gasteiger partial charge in [0.05, 0.1) is 41.4 Å². The van der Waals surface area contributed by atoms with Gasteiger partial charge in [-0.05, 0) is 25.5 Å². The van der Waals surface area contributed by atoms with E-state index in [4.69, 9.17) is 5.11 Å². The number of nitrogens with zero attached hydrogens (tertiary/aromatic N) is 7. The van der Waals surface area contributed by atoms with E-state index in [2.05, 4.69) is 31.0 Å². The molecule has 4 rings (SSSR count). The van der Waals surface area contributed by atoms with Crippen LogP contribution in [-0.2, 0) is 0 Å². The van der Waals surface area contributed by atoms with Gasteiger partial charge in [0.1, 0.15) is 6.07 Å². The summed E-state index contributed by atoms with van der Waals surface area (Å²) < 4.78 is 16.9. The zero-order valence-corrected chi connectivity index (χ0v) is 18.5. The number of halogens is 1. The average Bonchev–Trinajstić information content (AvgIpc) is 3.25. The zero-order chi connectivity index (χ0) is 25.1. The van der Waals surface area contributed by atoms with E-state index in [1.807, 2.05) is 19.1 Å². The van der Waals surface area contributed by atoms with E-state index >= 15 is 4.39 Å². The molecule has 0 aliphatic carbocycles. The number of β-amino-alcohol motifs (C(OH)–C–C–N with tert-alkyl or cyclic N) is 1. The van der Waals surface area contributed by atoms with Gasteiger partial charge >= 0.3 is 6.09 Å². The Morgan fingerprint density at radius 1 is 1.34 bits per heavy atom. The molecule has 1 saturated heterocycles. The molecule has 1 aliphatic heterocycles. The molecule has 180 valence electrons. The Kier molecular flexibility index (Phi) is 6.48. The average molecular weight is 480 g/mol. The summed E-state index contributed by atoms with van der Waals surface area (Å²) in [6.45, 7) is 2.58. The second-order valence-corrected chi connectivity index (χ2v) is 7.76. The van der Waals surface area contributed by atoms with Crippen LogP contribution in [-0.4, -0.2) is 67.7 Å². The van der Waals surface area contributed by atoms with Crippen molar-refractivity contribution in [3.8, 4) is 12.1 Å². The molecule has 0 radical (unpaired) electrons. The Morgan fingerprint density at radius 2 is 2.14 bits per heavy atom. The minimum atomic E-state index is -1.25. The van der Waals surface area contributed by atoms with Gasteiger partial charge in [0.2, 0.25) is 5.95 Å². The predicted octanol–water partition coefficient (Wildman–Crippen LogP) is 1.39. The number of anilines is 4. The largest absolute Gasteiger partial charge is 0.465 e. The lowest BCUT2D eigenvalue weighted by molar-refractivity contribution is 0.108. The highest BCUT2D eigenvalue weighted by molar-refractivity contribution is 5.70. The van der Waals surface area contributed by atoms with E-state index in [0.717, 1.165) is 0 Å². The number of fused-ring (bicyclic) bond motifs is 1. The molecule has 14 heteroatoms. The summed E-state index contributed by atoms with van der Waals surface area (Å²) in [6, 6.07) is 5.93. The number of nitriles is 2. The molecular weight excluding hydrogens is 459 g/mol. The molecule has 3 heterocycles. The standard InChI is InChI=1S/C21H21FN10O3/c1-2-25-18-19-26-9-12(8-24)32(19)30-20(29-18)27-14-5-11(7-23)6-15(17(14)22)31-4-3-13(16(33)10-31)28-21(34)35/h5-6,9,13,16,28,33H,2-4,10H2,1H3,(H,34,35)(H2,25,27,29,30)/t13-,16-/m1/s1. The molecule has 3 aromatic rings. The van der Waals surface area contributed by atoms with Crippen LogP contribution in [0.15, 0.2) is 18.3 Å². The molecule has 1 aromatic carbocycles. The van der Waals surface area contributed by atoms with Crippen molar-refractivity contribution in [2.75, 3.05) is 35.2 Å². The predicted molar refractivity (Wildman–Crippen MR) is 122 cm³/mol. The maximum atomic E-state index is 15.6. The summed E-state index contributed by atoms with van der Waals surface area (Å²) in [6.07, 6.45) is -0.730. The number of carboxylic acid groups (broad SMARTS) is 1. The maximum Gasteiger partial charge on any atom is 0.404 e. The lowest BCUT2D eigenvalue weighted by atomic mass is 10.0. The number of nitrogens with one attached hydrogen (secondary N) is 3. The van der Waals surface area contributed by atoms with E-state index in [9.17, 15) is 20.4 Å². The van der Waals surface area contributed by atoms with E-state index < -0.39 is 24.1 Å². The van der Waals surface area contributed by atoms with Crippen molar-refractivity contribution < 1.29 is 19.4 Å². The molecule has 2 aromatic heterocycles. The fourth-order valence-electron chi connectivity index (χ4n) is 3.89. The van der Waals surface area contributed by atoms with Gasteiger partial charge in [0.25, 0.3) is 0 Å². The Bertz CT molecular complexity index is 1360. The SMILES string of the molecule is CCNc1nc(Nc2cc(C#N)cc(N3CC[C@@H](NC(=O)O)[C@H](O)C3)c2F)nn2c(C#N)cnc12. The second-order valence-electron chi connectivity index (χ2n) is 7.76. The zero-order valence-electron chi connectivity index (χ0n) is 18.5. The van der Waals surface area contributed by atoms with E-state index in [0.29, 0.717) is 18.0 Å². The van der Waals surface area contributed by atoms with Gasteiger partial charge in [-0.2, -0.15) is 20.0 Å². The van der Waals surface area contributed by atoms with Gasteiger partial charge in [-0.1, -0.05) is 0 Å². The van der Waals surface area contributed by atoms with Crippen LogP contribution in [0.3, 0.4) is 0 Å². The Morgan fingerprint density at radius 3 is 2.80 bits per heavy atom. The molecular formula is C21H21FN10O3. The van der Waals surface area contributed by atoms with E-state index in [1.54, 1.807) is 4.90 Å². The highest BCUT2D eigenvalue weighted by atomic mass is 19.1. The van der Waals surface area contributed by atoms with Crippen LogP contribution in [0.2, 0.25) is 0 Å². The molecule has 1 fully saturated rings. The van der Waals surface area contributed by atoms with Gasteiger partial charge in [-0.15, -0.1) is 5.10 Å². The van der Waals surface area contributed by atoms with Crippen LogP contribution in [0, 0.1) is 28.5 Å². The fraction of sp³-hybridized carbons (Fsp3) is 0.333. The summed E-state index contributed by atoms with van der Waals surface area (Å²) in [5, 5.41) is 50.4. The number of benzene rings is 1. The summed E-state index contributed by atoms with van der Waals surface area (Å²) in [4.78, 5) is 20.9. The molecule has 1 aliphatic rings. The molecule has 0 saturated carbocycles. The fourth-order valence-corrected chi connectivity index (χ4v) is 3.89. The molecule has 35 heavy (non-hydrogen) atoms. The van der Waals surface area contributed by atoms with Crippen molar-refractivity contribution in [3.63, 3.8) is 0 Å². The topological polar surface area (TPSA) is 188 Å². The second kappa shape index (κ2) is 9.66. The first-order valence-corrected chi connectivity index (χ1v) is 10.7. The third kappa shape index (κ3) is 4.68. The lowest BCUT2D eigenvalue weighted by Crippen LogP contribution is -2.54. The molecule has 0 unspecified atom stereocenters. The number of hydrogen-bond acceptors (Lipinski definition) is 10. The number of rotatable bonds is 6. The van der Waals surface area contributed by atoms with Crippen LogP contribution in [0.4, 0.5) is 32.3 Å². The first kappa shape index (κ1) is 23.5. The van der Waals surface area contributed by atoms with Crippen molar-refractivity contribution in [3.05, 3.63) is 35.4 Å². The quantitative estimate of drug-likeness (QED) is 0.343. The summed E-state index contributed by atoms with van der Waals surface area (Å²) >= 11 is 0. The number of piperidine rings is 1. The Labute approximate surface area is 198 Å². The van der Waals surface area contributed by atoms with Gasteiger partial charge < -0.3 is 31.1 Å². The highest BCUT2D eigenvalue weighted by Crippen LogP contribution is 2.32. The summed E-state index contributed by atoms with van der Waals surface area (Å²) in [5.74, 6) is -0.410. The van der Waals surface area contributed by atoms with Gasteiger partial charge in [-0.3, -0.25) is 0 Å². The third-order valence-corrected chi connectivity index (χ3v) is 5.48. The van der Waals surface area contributed by atoms with E-state index in [-0.39, 0.29) is 48.1 Å². The van der Waals surface area contributed by atoms with Crippen molar-refractivity contribution in [1.82, 2.24) is 24.9 Å². The van der Waals surface area contributed by atoms with Crippen LogP contribution >= 0.6 is 0 Å². The number of aliphatic hydroxyl groups excluding tert-OH is 1. The van der Waals surface area contributed by atoms with E-state index in [1.165, 1.54) is 22.8 Å². The molecule has 13 nitrogen and oxygen atoms in total. The monoisotopic (exact) mass is 480 g/mol. The van der Waals surface area contributed by atoms with Gasteiger partial charge in [-0.25, -0.2) is 14.2 Å². The normalized spacial score (nSPS) is 17.5. The van der Waals surface area contributed by atoms with Gasteiger partial charge in [0.15, 0.2) is 23.0 Å². The Hall–Kier alpha value is -4.69. The number of amides is 1. The minimum absolute atomic E-state index is 0.0349. The number of imidazole rings is 1. The summed E-state index contributed by atoms with van der Waals surface area (Å²) in [7, 11) is 0. The van der Waals surface area contributed by atoms with Crippen LogP contribution < -0.4 is 20.9 Å². The van der Waals surface area contributed by atoms with Crippen LogP contribution in [0.1, 0.15) is 24.6 Å². The maximum absolute atomic E-state index is 15.6. The lowest BCUT2D eigenvalue weighted by Gasteiger charge is -2.37. The van der Waals surface area contributed by atoms with Crippen molar-refractivity contribution >= 4 is 34.9 Å². The first-order valence-electron chi connectivity index (χ1n) is 10.7. The van der Waals surface area contributed by atoms with Gasteiger partial charge in [0, 0.05) is 19.6 Å². The molecule has 1 amide bonds. The molecule has 5 N–H and O–H groups in total.